The highest BCUT2D eigenvalue weighted by atomic mass is 16.6. The standard InChI is InChI=1S/C14H15NO3/c16-13-11-6-7-12(13)15(8-11)14(17)18-9-10-4-2-1-3-5-10/h1-5,11-12H,6-9H2/t11-,12-/m1/s1. The van der Waals surface area contributed by atoms with Crippen LogP contribution in [0.4, 0.5) is 4.79 Å². The lowest BCUT2D eigenvalue weighted by Crippen LogP contribution is -2.39. The molecule has 2 atom stereocenters. The van der Waals surface area contributed by atoms with E-state index in [1.54, 1.807) is 4.90 Å². The first-order valence-corrected chi connectivity index (χ1v) is 6.27. The number of fused-ring (bicyclic) bond motifs is 2. The minimum atomic E-state index is -0.362. The van der Waals surface area contributed by atoms with E-state index >= 15 is 0 Å². The van der Waals surface area contributed by atoms with Crippen LogP contribution in [0.25, 0.3) is 0 Å². The number of carbonyl (C=O) groups excluding carboxylic acids is 2. The molecule has 18 heavy (non-hydrogen) atoms. The van der Waals surface area contributed by atoms with Crippen LogP contribution in [-0.2, 0) is 16.1 Å². The van der Waals surface area contributed by atoms with Gasteiger partial charge in [-0.05, 0) is 18.4 Å². The highest BCUT2D eigenvalue weighted by Crippen LogP contribution is 2.34. The van der Waals surface area contributed by atoms with Gasteiger partial charge in [0.2, 0.25) is 0 Å². The summed E-state index contributed by atoms with van der Waals surface area (Å²) in [5.41, 5.74) is 0.960. The molecule has 4 nitrogen and oxygen atoms in total. The third-order valence-corrected chi connectivity index (χ3v) is 3.75. The van der Waals surface area contributed by atoms with Crippen LogP contribution >= 0.6 is 0 Å². The van der Waals surface area contributed by atoms with Crippen LogP contribution < -0.4 is 0 Å². The van der Waals surface area contributed by atoms with Crippen molar-refractivity contribution in [3.63, 3.8) is 0 Å². The Balaban J connectivity index is 1.58. The second-order valence-electron chi connectivity index (χ2n) is 4.88. The molecule has 0 unspecified atom stereocenters. The molecule has 1 aliphatic carbocycles. The Morgan fingerprint density at radius 2 is 2.06 bits per heavy atom. The summed E-state index contributed by atoms with van der Waals surface area (Å²) in [6, 6.07) is 9.33. The number of hydrogen-bond donors (Lipinski definition) is 0. The van der Waals surface area contributed by atoms with E-state index in [0.29, 0.717) is 6.54 Å². The first kappa shape index (κ1) is 11.3. The highest BCUT2D eigenvalue weighted by molar-refractivity contribution is 5.94. The van der Waals surface area contributed by atoms with Gasteiger partial charge in [0.25, 0.3) is 0 Å². The minimum absolute atomic E-state index is 0.0549. The van der Waals surface area contributed by atoms with Gasteiger partial charge in [0, 0.05) is 12.5 Å². The fourth-order valence-corrected chi connectivity index (χ4v) is 2.78. The first-order valence-electron chi connectivity index (χ1n) is 6.27. The van der Waals surface area contributed by atoms with Crippen LogP contribution in [0.2, 0.25) is 0 Å². The van der Waals surface area contributed by atoms with Gasteiger partial charge in [-0.1, -0.05) is 30.3 Å². The van der Waals surface area contributed by atoms with Crippen LogP contribution in [0.5, 0.6) is 0 Å². The Labute approximate surface area is 106 Å². The van der Waals surface area contributed by atoms with Crippen molar-refractivity contribution < 1.29 is 14.3 Å². The number of ketones is 1. The Morgan fingerprint density at radius 1 is 1.28 bits per heavy atom. The van der Waals surface area contributed by atoms with Crippen LogP contribution in [0, 0.1) is 5.92 Å². The molecular weight excluding hydrogens is 230 g/mol. The second kappa shape index (κ2) is 4.44. The number of carbonyl (C=O) groups is 2. The molecule has 1 saturated carbocycles. The molecular formula is C14H15NO3. The lowest BCUT2D eigenvalue weighted by Gasteiger charge is -2.24. The maximum absolute atomic E-state index is 11.9. The third-order valence-electron chi connectivity index (χ3n) is 3.75. The van der Waals surface area contributed by atoms with E-state index in [2.05, 4.69) is 0 Å². The van der Waals surface area contributed by atoms with Crippen LogP contribution in [0.15, 0.2) is 30.3 Å². The quantitative estimate of drug-likeness (QED) is 0.800. The fraction of sp³-hybridized carbons (Fsp3) is 0.429. The summed E-state index contributed by atoms with van der Waals surface area (Å²) in [7, 11) is 0. The van der Waals surface area contributed by atoms with Crippen molar-refractivity contribution in [3.05, 3.63) is 35.9 Å². The van der Waals surface area contributed by atoms with Gasteiger partial charge in [-0.15, -0.1) is 0 Å². The molecule has 1 aromatic carbocycles. The molecule has 0 aromatic heterocycles. The molecule has 1 heterocycles. The number of Topliss-reactive ketones (excluding diaryl/α,β-unsaturated/α-hetero) is 1. The number of rotatable bonds is 2. The molecule has 2 fully saturated rings. The largest absolute Gasteiger partial charge is 0.445 e. The molecule has 94 valence electrons. The maximum Gasteiger partial charge on any atom is 0.410 e. The third kappa shape index (κ3) is 1.88. The average Bonchev–Trinajstić information content (AvgIpc) is 2.93. The van der Waals surface area contributed by atoms with Crippen LogP contribution in [0.1, 0.15) is 18.4 Å². The highest BCUT2D eigenvalue weighted by Gasteiger charge is 2.48. The monoisotopic (exact) mass is 245 g/mol. The molecule has 3 rings (SSSR count). The molecule has 1 saturated heterocycles. The van der Waals surface area contributed by atoms with Crippen molar-refractivity contribution in [1.29, 1.82) is 0 Å². The van der Waals surface area contributed by atoms with Crippen LogP contribution in [-0.4, -0.2) is 29.4 Å². The molecule has 0 spiro atoms. The van der Waals surface area contributed by atoms with Crippen molar-refractivity contribution in [2.24, 2.45) is 5.92 Å². The van der Waals surface area contributed by atoms with Gasteiger partial charge in [0.15, 0.2) is 5.78 Å². The Morgan fingerprint density at radius 3 is 2.67 bits per heavy atom. The lowest BCUT2D eigenvalue weighted by molar-refractivity contribution is -0.120. The Bertz CT molecular complexity index is 471. The number of nitrogens with zero attached hydrogens (tertiary/aromatic N) is 1. The number of hydrogen-bond acceptors (Lipinski definition) is 3. The summed E-state index contributed by atoms with van der Waals surface area (Å²) >= 11 is 0. The zero-order chi connectivity index (χ0) is 12.5. The predicted molar refractivity (Wildman–Crippen MR) is 64.9 cm³/mol. The Kier molecular flexibility index (Phi) is 2.78. The van der Waals surface area contributed by atoms with E-state index < -0.39 is 0 Å². The smallest absolute Gasteiger partial charge is 0.410 e. The summed E-state index contributed by atoms with van der Waals surface area (Å²) in [5.74, 6) is 0.269. The SMILES string of the molecule is O=C1[C@@H]2CC[C@H]1N(C(=O)OCc1ccccc1)C2. The summed E-state index contributed by atoms with van der Waals surface area (Å²) in [5, 5.41) is 0. The van der Waals surface area contributed by atoms with Gasteiger partial charge in [-0.25, -0.2) is 4.79 Å². The number of likely N-dealkylation sites (tertiary alicyclic amines) is 1. The van der Waals surface area contributed by atoms with Gasteiger partial charge in [-0.3, -0.25) is 9.69 Å². The molecule has 1 aromatic rings. The zero-order valence-corrected chi connectivity index (χ0v) is 10.0. The molecule has 0 radical (unpaired) electrons. The van der Waals surface area contributed by atoms with E-state index in [0.717, 1.165) is 18.4 Å². The predicted octanol–water partition coefficient (Wildman–Crippen LogP) is 1.99. The Hall–Kier alpha value is -1.84. The molecule has 2 aliphatic rings. The van der Waals surface area contributed by atoms with Crippen LogP contribution in [0.3, 0.4) is 0 Å². The lowest BCUT2D eigenvalue weighted by atomic mass is 10.1. The average molecular weight is 245 g/mol. The van der Waals surface area contributed by atoms with Gasteiger partial charge < -0.3 is 4.74 Å². The number of piperidine rings is 1. The van der Waals surface area contributed by atoms with Crippen molar-refractivity contribution in [1.82, 2.24) is 4.90 Å². The minimum Gasteiger partial charge on any atom is -0.445 e. The second-order valence-corrected chi connectivity index (χ2v) is 4.88. The van der Waals surface area contributed by atoms with E-state index in [1.807, 2.05) is 30.3 Å². The number of ether oxygens (including phenoxy) is 1. The van der Waals surface area contributed by atoms with Gasteiger partial charge in [0.05, 0.1) is 6.04 Å². The molecule has 2 bridgehead atoms. The molecule has 1 aliphatic heterocycles. The zero-order valence-electron chi connectivity index (χ0n) is 10.0. The van der Waals surface area contributed by atoms with Crippen molar-refractivity contribution in [2.45, 2.75) is 25.5 Å². The molecule has 0 N–H and O–H groups in total. The topological polar surface area (TPSA) is 46.6 Å². The normalized spacial score (nSPS) is 25.6. The number of benzene rings is 1. The maximum atomic E-state index is 11.9. The van der Waals surface area contributed by atoms with Crippen molar-refractivity contribution in [3.8, 4) is 0 Å². The number of amides is 1. The summed E-state index contributed by atoms with van der Waals surface area (Å²) in [6.45, 7) is 0.804. The van der Waals surface area contributed by atoms with Gasteiger partial charge >= 0.3 is 6.09 Å². The molecule has 4 heteroatoms. The van der Waals surface area contributed by atoms with Crippen molar-refractivity contribution >= 4 is 11.9 Å². The van der Waals surface area contributed by atoms with Crippen molar-refractivity contribution in [2.75, 3.05) is 6.54 Å². The summed E-state index contributed by atoms with van der Waals surface area (Å²) in [4.78, 5) is 25.2. The summed E-state index contributed by atoms with van der Waals surface area (Å²) < 4.78 is 5.25. The van der Waals surface area contributed by atoms with Gasteiger partial charge in [-0.2, -0.15) is 0 Å². The molecule has 1 amide bonds. The van der Waals surface area contributed by atoms with E-state index in [9.17, 15) is 9.59 Å². The van der Waals surface area contributed by atoms with Gasteiger partial charge in [0.1, 0.15) is 6.61 Å². The first-order chi connectivity index (χ1) is 8.75. The van der Waals surface area contributed by atoms with E-state index in [4.69, 9.17) is 4.74 Å². The van der Waals surface area contributed by atoms with E-state index in [1.165, 1.54) is 0 Å². The van der Waals surface area contributed by atoms with E-state index in [-0.39, 0.29) is 30.4 Å². The fourth-order valence-electron chi connectivity index (χ4n) is 2.78. The summed E-state index contributed by atoms with van der Waals surface area (Å²) in [6.07, 6.45) is 1.36.